The molecule has 158 valence electrons. The molecule has 1 aliphatic rings. The van der Waals surface area contributed by atoms with Crippen LogP contribution < -0.4 is 9.64 Å². The summed E-state index contributed by atoms with van der Waals surface area (Å²) in [6, 6.07) is 8.46. The second-order valence-corrected chi connectivity index (χ2v) is 8.33. The summed E-state index contributed by atoms with van der Waals surface area (Å²) in [5.41, 5.74) is 5.39. The van der Waals surface area contributed by atoms with E-state index in [2.05, 4.69) is 62.8 Å². The molecule has 0 radical (unpaired) electrons. The molecule has 0 spiro atoms. The second-order valence-electron chi connectivity index (χ2n) is 7.39. The number of pyridine rings is 1. The van der Waals surface area contributed by atoms with Crippen molar-refractivity contribution >= 4 is 17.7 Å². The van der Waals surface area contributed by atoms with Crippen molar-refractivity contribution in [3.05, 3.63) is 52.8 Å². The summed E-state index contributed by atoms with van der Waals surface area (Å²) in [5, 5.41) is 9.92. The van der Waals surface area contributed by atoms with E-state index >= 15 is 0 Å². The van der Waals surface area contributed by atoms with Gasteiger partial charge in [-0.25, -0.2) is 0 Å². The normalized spacial score (nSPS) is 14.2. The molecule has 8 heteroatoms. The maximum Gasteiger partial charge on any atom is 0.232 e. The maximum atomic E-state index is 5.56. The average molecular weight is 426 g/mol. The van der Waals surface area contributed by atoms with Gasteiger partial charge in [-0.1, -0.05) is 29.5 Å². The first-order valence-electron chi connectivity index (χ1n) is 10.1. The van der Waals surface area contributed by atoms with Gasteiger partial charge in [0, 0.05) is 36.2 Å². The molecule has 0 saturated carbocycles. The van der Waals surface area contributed by atoms with E-state index in [-0.39, 0.29) is 0 Å². The Hall–Kier alpha value is -2.58. The van der Waals surface area contributed by atoms with Crippen LogP contribution in [0.4, 0.5) is 5.95 Å². The summed E-state index contributed by atoms with van der Waals surface area (Å²) in [6.45, 7) is 9.19. The molecule has 1 aliphatic heterocycles. The van der Waals surface area contributed by atoms with Crippen molar-refractivity contribution in [1.82, 2.24) is 19.7 Å². The van der Waals surface area contributed by atoms with Crippen molar-refractivity contribution in [2.45, 2.75) is 31.7 Å². The third-order valence-corrected chi connectivity index (χ3v) is 6.23. The molecule has 0 atom stereocenters. The molecule has 7 nitrogen and oxygen atoms in total. The van der Waals surface area contributed by atoms with Gasteiger partial charge in [0.2, 0.25) is 5.95 Å². The van der Waals surface area contributed by atoms with Crippen molar-refractivity contribution in [1.29, 1.82) is 0 Å². The van der Waals surface area contributed by atoms with Gasteiger partial charge in [0.25, 0.3) is 0 Å². The minimum absolute atomic E-state index is 0.690. The highest BCUT2D eigenvalue weighted by molar-refractivity contribution is 7.98. The predicted molar refractivity (Wildman–Crippen MR) is 119 cm³/mol. The molecule has 0 bridgehead atoms. The highest BCUT2D eigenvalue weighted by atomic mass is 32.2. The second kappa shape index (κ2) is 9.06. The Morgan fingerprint density at radius 2 is 1.80 bits per heavy atom. The third-order valence-electron chi connectivity index (χ3n) is 5.29. The van der Waals surface area contributed by atoms with Crippen LogP contribution in [-0.2, 0) is 10.5 Å². The maximum absolute atomic E-state index is 5.56. The topological polar surface area (TPSA) is 65.3 Å². The first kappa shape index (κ1) is 20.7. The summed E-state index contributed by atoms with van der Waals surface area (Å²) in [7, 11) is 1.70. The molecule has 0 aliphatic carbocycles. The molecule has 30 heavy (non-hydrogen) atoms. The van der Waals surface area contributed by atoms with Crippen LogP contribution in [-0.4, -0.2) is 53.2 Å². The molecule has 3 aromatic rings. The van der Waals surface area contributed by atoms with E-state index in [1.54, 1.807) is 18.9 Å². The van der Waals surface area contributed by atoms with Gasteiger partial charge in [-0.15, -0.1) is 10.2 Å². The van der Waals surface area contributed by atoms with E-state index in [0.29, 0.717) is 19.0 Å². The Bertz CT molecular complexity index is 1010. The van der Waals surface area contributed by atoms with E-state index in [1.807, 2.05) is 13.1 Å². The van der Waals surface area contributed by atoms with E-state index in [9.17, 15) is 0 Å². The monoisotopic (exact) mass is 425 g/mol. The zero-order valence-electron chi connectivity index (χ0n) is 17.9. The molecule has 0 unspecified atom stereocenters. The van der Waals surface area contributed by atoms with Gasteiger partial charge >= 0.3 is 0 Å². The number of hydrogen-bond donors (Lipinski definition) is 0. The van der Waals surface area contributed by atoms with Crippen LogP contribution in [0, 0.1) is 20.8 Å². The van der Waals surface area contributed by atoms with Gasteiger partial charge < -0.3 is 14.4 Å². The molecule has 1 saturated heterocycles. The molecule has 0 amide bonds. The summed E-state index contributed by atoms with van der Waals surface area (Å²) in [5.74, 6) is 2.45. The summed E-state index contributed by atoms with van der Waals surface area (Å²) >= 11 is 1.64. The van der Waals surface area contributed by atoms with Gasteiger partial charge in [-0.3, -0.25) is 9.55 Å². The summed E-state index contributed by atoms with van der Waals surface area (Å²) in [6.07, 6.45) is 1.87. The fourth-order valence-corrected chi connectivity index (χ4v) is 4.56. The lowest BCUT2D eigenvalue weighted by Crippen LogP contribution is -2.37. The third kappa shape index (κ3) is 4.15. The van der Waals surface area contributed by atoms with Crippen molar-refractivity contribution in [2.75, 3.05) is 38.3 Å². The fourth-order valence-electron chi connectivity index (χ4n) is 3.59. The average Bonchev–Trinajstić information content (AvgIpc) is 3.19. The van der Waals surface area contributed by atoms with Crippen molar-refractivity contribution in [2.24, 2.45) is 0 Å². The smallest absolute Gasteiger partial charge is 0.232 e. The van der Waals surface area contributed by atoms with E-state index in [0.717, 1.165) is 52.5 Å². The molecule has 2 aromatic heterocycles. The van der Waals surface area contributed by atoms with Crippen molar-refractivity contribution in [3.63, 3.8) is 0 Å². The lowest BCUT2D eigenvalue weighted by Gasteiger charge is -2.28. The number of anilines is 1. The SMILES string of the molecule is COc1c(C)cnc(CSc2nnc(N3CCOCC3)n2-c2ccc(C)cc2)c1C. The van der Waals surface area contributed by atoms with Crippen LogP contribution in [0.2, 0.25) is 0 Å². The quantitative estimate of drug-likeness (QED) is 0.558. The predicted octanol–water partition coefficient (Wildman–Crippen LogP) is 3.73. The first-order chi connectivity index (χ1) is 14.6. The van der Waals surface area contributed by atoms with E-state index in [4.69, 9.17) is 9.47 Å². The molecule has 1 aromatic carbocycles. The number of rotatable bonds is 6. The first-order valence-corrected chi connectivity index (χ1v) is 11.0. The standard InChI is InChI=1S/C22H27N5O2S/c1-15-5-7-18(8-6-15)27-21(26-9-11-29-12-10-26)24-25-22(27)30-14-19-17(3)20(28-4)16(2)13-23-19/h5-8,13H,9-12,14H2,1-4H3. The van der Waals surface area contributed by atoms with Gasteiger partial charge in [0.15, 0.2) is 5.16 Å². The van der Waals surface area contributed by atoms with Gasteiger partial charge in [0.05, 0.1) is 31.7 Å². The number of benzene rings is 1. The number of aromatic nitrogens is 4. The number of aryl methyl sites for hydroxylation is 2. The zero-order valence-corrected chi connectivity index (χ0v) is 18.7. The largest absolute Gasteiger partial charge is 0.496 e. The molecular weight excluding hydrogens is 398 g/mol. The van der Waals surface area contributed by atoms with Crippen molar-refractivity contribution in [3.8, 4) is 11.4 Å². The van der Waals surface area contributed by atoms with Gasteiger partial charge in [-0.2, -0.15) is 0 Å². The molecule has 0 N–H and O–H groups in total. The van der Waals surface area contributed by atoms with E-state index < -0.39 is 0 Å². The number of nitrogens with zero attached hydrogens (tertiary/aromatic N) is 5. The van der Waals surface area contributed by atoms with Crippen molar-refractivity contribution < 1.29 is 9.47 Å². The zero-order chi connectivity index (χ0) is 21.1. The van der Waals surface area contributed by atoms with E-state index in [1.165, 1.54) is 5.56 Å². The number of ether oxygens (including phenoxy) is 2. The van der Waals surface area contributed by atoms with Crippen LogP contribution in [0.25, 0.3) is 5.69 Å². The molecule has 3 heterocycles. The highest BCUT2D eigenvalue weighted by Crippen LogP contribution is 2.32. The van der Waals surface area contributed by atoms with Gasteiger partial charge in [-0.05, 0) is 32.9 Å². The Labute approximate surface area is 181 Å². The minimum Gasteiger partial charge on any atom is -0.496 e. The number of hydrogen-bond acceptors (Lipinski definition) is 7. The lowest BCUT2D eigenvalue weighted by atomic mass is 10.1. The van der Waals surface area contributed by atoms with Crippen LogP contribution in [0.5, 0.6) is 5.75 Å². The highest BCUT2D eigenvalue weighted by Gasteiger charge is 2.22. The molecule has 1 fully saturated rings. The van der Waals surface area contributed by atoms with Crippen LogP contribution in [0.3, 0.4) is 0 Å². The Kier molecular flexibility index (Phi) is 6.24. The number of morpholine rings is 1. The van der Waals surface area contributed by atoms with Crippen LogP contribution >= 0.6 is 11.8 Å². The van der Waals surface area contributed by atoms with Crippen LogP contribution in [0.1, 0.15) is 22.4 Å². The fraction of sp³-hybridized carbons (Fsp3) is 0.409. The lowest BCUT2D eigenvalue weighted by molar-refractivity contribution is 0.122. The summed E-state index contributed by atoms with van der Waals surface area (Å²) < 4.78 is 13.2. The number of thioether (sulfide) groups is 1. The Morgan fingerprint density at radius 1 is 1.07 bits per heavy atom. The molecule has 4 rings (SSSR count). The van der Waals surface area contributed by atoms with Gasteiger partial charge in [0.1, 0.15) is 5.75 Å². The van der Waals surface area contributed by atoms with Crippen LogP contribution in [0.15, 0.2) is 35.6 Å². The summed E-state index contributed by atoms with van der Waals surface area (Å²) in [4.78, 5) is 6.86. The Morgan fingerprint density at radius 3 is 2.50 bits per heavy atom. The minimum atomic E-state index is 0.690. The molecular formula is C22H27N5O2S. The Balaban J connectivity index is 1.66. The number of methoxy groups -OCH3 is 1.